The van der Waals surface area contributed by atoms with Gasteiger partial charge >= 0.3 is 0 Å². The monoisotopic (exact) mass is 621 g/mol. The van der Waals surface area contributed by atoms with Gasteiger partial charge in [0, 0.05) is 38.3 Å². The average Bonchev–Trinajstić information content (AvgIpc) is 3.01. The van der Waals surface area contributed by atoms with Crippen LogP contribution in [0.25, 0.3) is 0 Å². The maximum Gasteiger partial charge on any atom is 0.223 e. The molecule has 0 aromatic carbocycles. The van der Waals surface area contributed by atoms with Crippen LogP contribution < -0.4 is 10.6 Å². The first-order valence-electron chi connectivity index (χ1n) is 19.6. The van der Waals surface area contributed by atoms with Gasteiger partial charge in [-0.1, -0.05) is 162 Å². The van der Waals surface area contributed by atoms with E-state index in [1.54, 1.807) is 0 Å². The van der Waals surface area contributed by atoms with Crippen molar-refractivity contribution in [3.8, 4) is 0 Å². The predicted octanol–water partition coefficient (Wildman–Crippen LogP) is 11.2. The maximum atomic E-state index is 12.8. The van der Waals surface area contributed by atoms with Crippen LogP contribution in [0.4, 0.5) is 0 Å². The molecule has 0 aliphatic carbocycles. The quantitative estimate of drug-likeness (QED) is 0.0692. The van der Waals surface area contributed by atoms with E-state index >= 15 is 0 Å². The van der Waals surface area contributed by atoms with Gasteiger partial charge in [0.2, 0.25) is 11.8 Å². The molecule has 0 heterocycles. The topological polar surface area (TPSA) is 75.3 Å². The lowest BCUT2D eigenvalue weighted by molar-refractivity contribution is -0.129. The van der Waals surface area contributed by atoms with E-state index in [1.165, 1.54) is 116 Å². The van der Waals surface area contributed by atoms with Crippen molar-refractivity contribution in [1.29, 1.82) is 0 Å². The van der Waals surface area contributed by atoms with Crippen molar-refractivity contribution in [2.24, 2.45) is 5.92 Å². The van der Waals surface area contributed by atoms with Gasteiger partial charge in [-0.25, -0.2) is 0 Å². The summed E-state index contributed by atoms with van der Waals surface area (Å²) in [7, 11) is 0. The van der Waals surface area contributed by atoms with Crippen molar-refractivity contribution in [3.05, 3.63) is 0 Å². The highest BCUT2D eigenvalue weighted by Gasteiger charge is 2.21. The van der Waals surface area contributed by atoms with Gasteiger partial charge in [-0.15, -0.1) is 0 Å². The second-order valence-corrected chi connectivity index (χ2v) is 13.5. The molecule has 0 saturated heterocycles. The molecule has 2 N–H and O–H groups in total. The Morgan fingerprint density at radius 1 is 0.432 bits per heavy atom. The fourth-order valence-corrected chi connectivity index (χ4v) is 6.00. The summed E-state index contributed by atoms with van der Waals surface area (Å²) in [5.41, 5.74) is 0. The smallest absolute Gasteiger partial charge is 0.223 e. The van der Waals surface area contributed by atoms with E-state index in [-0.39, 0.29) is 23.5 Å². The van der Waals surface area contributed by atoms with Gasteiger partial charge in [-0.2, -0.15) is 0 Å². The van der Waals surface area contributed by atoms with Crippen molar-refractivity contribution in [3.63, 3.8) is 0 Å². The number of carbonyl (C=O) groups excluding carboxylic acids is 3. The highest BCUT2D eigenvalue weighted by Crippen LogP contribution is 2.18. The minimum atomic E-state index is -0.237. The average molecular weight is 621 g/mol. The second kappa shape index (κ2) is 34.5. The van der Waals surface area contributed by atoms with E-state index in [2.05, 4.69) is 31.4 Å². The molecule has 0 aromatic rings. The van der Waals surface area contributed by atoms with Gasteiger partial charge in [-0.3, -0.25) is 14.4 Å². The van der Waals surface area contributed by atoms with Crippen LogP contribution in [-0.4, -0.2) is 30.7 Å². The lowest BCUT2D eigenvalue weighted by atomic mass is 9.93. The van der Waals surface area contributed by atoms with Crippen molar-refractivity contribution < 1.29 is 14.4 Å². The number of amides is 2. The molecule has 0 aliphatic heterocycles. The van der Waals surface area contributed by atoms with Crippen LogP contribution in [-0.2, 0) is 14.4 Å². The Labute approximate surface area is 274 Å². The summed E-state index contributed by atoms with van der Waals surface area (Å²) in [6, 6.07) is 0. The largest absolute Gasteiger partial charge is 0.356 e. The second-order valence-electron chi connectivity index (χ2n) is 13.5. The third-order valence-electron chi connectivity index (χ3n) is 9.04. The van der Waals surface area contributed by atoms with Gasteiger partial charge in [0.1, 0.15) is 5.78 Å². The van der Waals surface area contributed by atoms with Crippen molar-refractivity contribution in [1.82, 2.24) is 10.6 Å². The standard InChI is InChI=1S/C39H76N2O3/c1-4-7-10-12-14-16-18-20-22-24-26-31-37(42)35-36(39(44)41-33-9-6-3)30-28-29-34-40-38(43)32-27-25-23-21-19-17-15-13-11-8-5-2/h36H,4-35H2,1-3H3,(H,40,43)(H,41,44). The van der Waals surface area contributed by atoms with Crippen molar-refractivity contribution >= 4 is 17.6 Å². The molecule has 0 spiro atoms. The van der Waals surface area contributed by atoms with Crippen LogP contribution in [0.15, 0.2) is 0 Å². The Morgan fingerprint density at radius 2 is 0.841 bits per heavy atom. The highest BCUT2D eigenvalue weighted by molar-refractivity contribution is 5.86. The zero-order valence-electron chi connectivity index (χ0n) is 29.9. The molecule has 5 nitrogen and oxygen atoms in total. The van der Waals surface area contributed by atoms with Crippen molar-refractivity contribution in [2.45, 2.75) is 213 Å². The number of hydrogen-bond donors (Lipinski definition) is 2. The van der Waals surface area contributed by atoms with Crippen LogP contribution in [0.1, 0.15) is 213 Å². The normalized spacial score (nSPS) is 11.9. The Bertz CT molecular complexity index is 651. The van der Waals surface area contributed by atoms with E-state index in [0.717, 1.165) is 57.8 Å². The number of carbonyl (C=O) groups is 3. The molecule has 2 amide bonds. The highest BCUT2D eigenvalue weighted by atomic mass is 16.2. The summed E-state index contributed by atoms with van der Waals surface area (Å²) < 4.78 is 0. The number of unbranched alkanes of at least 4 members (excludes halogenated alkanes) is 22. The first-order chi connectivity index (χ1) is 21.5. The zero-order valence-corrected chi connectivity index (χ0v) is 29.9. The van der Waals surface area contributed by atoms with E-state index in [9.17, 15) is 14.4 Å². The Kier molecular flexibility index (Phi) is 33.4. The maximum absolute atomic E-state index is 12.8. The SMILES string of the molecule is CCCCCCCCCCCCCC(=O)CC(CCCCNC(=O)CCCCCCCCCCCCC)C(=O)NCCCC. The fraction of sp³-hybridized carbons (Fsp3) is 0.923. The Balaban J connectivity index is 4.01. The molecule has 5 heteroatoms. The zero-order chi connectivity index (χ0) is 32.4. The van der Waals surface area contributed by atoms with Gasteiger partial charge in [-0.05, 0) is 32.1 Å². The lowest BCUT2D eigenvalue weighted by Gasteiger charge is -2.16. The van der Waals surface area contributed by atoms with Crippen LogP contribution in [0, 0.1) is 5.92 Å². The molecule has 1 atom stereocenters. The molecule has 0 bridgehead atoms. The van der Waals surface area contributed by atoms with Crippen LogP contribution in [0.3, 0.4) is 0 Å². The molecule has 0 fully saturated rings. The fourth-order valence-electron chi connectivity index (χ4n) is 6.00. The molecule has 0 radical (unpaired) electrons. The molecular formula is C39H76N2O3. The van der Waals surface area contributed by atoms with Crippen LogP contribution in [0.2, 0.25) is 0 Å². The lowest BCUT2D eigenvalue weighted by Crippen LogP contribution is -2.33. The van der Waals surface area contributed by atoms with Gasteiger partial charge in [0.15, 0.2) is 0 Å². The molecule has 0 saturated carbocycles. The Hall–Kier alpha value is -1.39. The number of ketones is 1. The number of nitrogens with one attached hydrogen (secondary N) is 2. The van der Waals surface area contributed by atoms with Crippen LogP contribution >= 0.6 is 0 Å². The van der Waals surface area contributed by atoms with Crippen LogP contribution in [0.5, 0.6) is 0 Å². The summed E-state index contributed by atoms with van der Waals surface area (Å²) in [6.45, 7) is 7.99. The summed E-state index contributed by atoms with van der Waals surface area (Å²) in [5.74, 6) is 0.180. The first kappa shape index (κ1) is 42.6. The first-order valence-corrected chi connectivity index (χ1v) is 19.6. The molecule has 0 aliphatic rings. The van der Waals surface area contributed by atoms with E-state index in [4.69, 9.17) is 0 Å². The Morgan fingerprint density at radius 3 is 1.32 bits per heavy atom. The van der Waals surface area contributed by atoms with Gasteiger partial charge in [0.05, 0.1) is 0 Å². The molecule has 0 rings (SSSR count). The molecule has 1 unspecified atom stereocenters. The third kappa shape index (κ3) is 30.6. The minimum Gasteiger partial charge on any atom is -0.356 e. The molecule has 260 valence electrons. The van der Waals surface area contributed by atoms with Gasteiger partial charge < -0.3 is 10.6 Å². The van der Waals surface area contributed by atoms with E-state index < -0.39 is 0 Å². The molecule has 44 heavy (non-hydrogen) atoms. The molecule has 0 aromatic heterocycles. The van der Waals surface area contributed by atoms with E-state index in [0.29, 0.717) is 32.4 Å². The van der Waals surface area contributed by atoms with E-state index in [1.807, 2.05) is 0 Å². The number of Topliss-reactive ketones (excluding diaryl/α,β-unsaturated/α-hetero) is 1. The number of hydrogen-bond acceptors (Lipinski definition) is 3. The summed E-state index contributed by atoms with van der Waals surface area (Å²) in [4.78, 5) is 37.8. The summed E-state index contributed by atoms with van der Waals surface area (Å²) in [5, 5.41) is 6.11. The summed E-state index contributed by atoms with van der Waals surface area (Å²) >= 11 is 0. The predicted molar refractivity (Wildman–Crippen MR) is 190 cm³/mol. The summed E-state index contributed by atoms with van der Waals surface area (Å²) in [6.07, 6.45) is 34.2. The molecular weight excluding hydrogens is 544 g/mol. The minimum absolute atomic E-state index is 0.0336. The third-order valence-corrected chi connectivity index (χ3v) is 9.04. The number of rotatable bonds is 35. The van der Waals surface area contributed by atoms with Crippen molar-refractivity contribution in [2.75, 3.05) is 13.1 Å². The van der Waals surface area contributed by atoms with Gasteiger partial charge in [0.25, 0.3) is 0 Å².